The Morgan fingerprint density at radius 3 is 2.71 bits per heavy atom. The summed E-state index contributed by atoms with van der Waals surface area (Å²) < 4.78 is 5.87. The first-order valence-electron chi connectivity index (χ1n) is 6.43. The van der Waals surface area contributed by atoms with Gasteiger partial charge >= 0.3 is 0 Å². The van der Waals surface area contributed by atoms with Crippen molar-refractivity contribution in [1.29, 1.82) is 5.26 Å². The van der Waals surface area contributed by atoms with E-state index in [-0.39, 0.29) is 0 Å². The monoisotopic (exact) mass is 229 g/mol. The van der Waals surface area contributed by atoms with Gasteiger partial charge in [0.25, 0.3) is 0 Å². The third-order valence-electron chi connectivity index (χ3n) is 3.50. The summed E-state index contributed by atoms with van der Waals surface area (Å²) in [5, 5.41) is 8.80. The molecule has 0 unspecified atom stereocenters. The van der Waals surface area contributed by atoms with E-state index in [1.54, 1.807) is 0 Å². The van der Waals surface area contributed by atoms with Gasteiger partial charge in [-0.2, -0.15) is 5.26 Å². The standard InChI is InChI=1S/C15H19NO/c1-12-9-14(10-16)7-8-15(12)17-11-13-5-3-2-4-6-13/h7-9,13H,2-6,11H2,1H3. The predicted octanol–water partition coefficient (Wildman–Crippen LogP) is 3.83. The molecule has 2 heteroatoms. The van der Waals surface area contributed by atoms with Gasteiger partial charge in [-0.05, 0) is 49.4 Å². The maximum Gasteiger partial charge on any atom is 0.122 e. The van der Waals surface area contributed by atoms with Crippen LogP contribution in [0.4, 0.5) is 0 Å². The lowest BCUT2D eigenvalue weighted by molar-refractivity contribution is 0.208. The molecule has 0 bridgehead atoms. The summed E-state index contributed by atoms with van der Waals surface area (Å²) in [6.45, 7) is 2.82. The molecule has 1 saturated carbocycles. The van der Waals surface area contributed by atoms with Crippen LogP contribution in [0.3, 0.4) is 0 Å². The summed E-state index contributed by atoms with van der Waals surface area (Å²) in [7, 11) is 0. The highest BCUT2D eigenvalue weighted by Gasteiger charge is 2.14. The Bertz CT molecular complexity index is 413. The minimum absolute atomic E-state index is 0.701. The Morgan fingerprint density at radius 1 is 1.29 bits per heavy atom. The largest absolute Gasteiger partial charge is 0.493 e. The third kappa shape index (κ3) is 3.23. The third-order valence-corrected chi connectivity index (χ3v) is 3.50. The highest BCUT2D eigenvalue weighted by atomic mass is 16.5. The summed E-state index contributed by atoms with van der Waals surface area (Å²) in [6, 6.07) is 7.77. The Hall–Kier alpha value is -1.49. The SMILES string of the molecule is Cc1cc(C#N)ccc1OCC1CCCCC1. The number of nitriles is 1. The number of ether oxygens (including phenoxy) is 1. The maximum atomic E-state index is 8.80. The van der Waals surface area contributed by atoms with Crippen molar-refractivity contribution in [1.82, 2.24) is 0 Å². The highest BCUT2D eigenvalue weighted by Crippen LogP contribution is 2.26. The fourth-order valence-corrected chi connectivity index (χ4v) is 2.44. The second-order valence-electron chi connectivity index (χ2n) is 4.91. The van der Waals surface area contributed by atoms with Crippen LogP contribution in [0.25, 0.3) is 0 Å². The van der Waals surface area contributed by atoms with Crippen LogP contribution in [0, 0.1) is 24.2 Å². The Morgan fingerprint density at radius 2 is 2.06 bits per heavy atom. The lowest BCUT2D eigenvalue weighted by Crippen LogP contribution is -2.15. The average Bonchev–Trinajstić information content (AvgIpc) is 2.38. The van der Waals surface area contributed by atoms with E-state index in [1.165, 1.54) is 32.1 Å². The van der Waals surface area contributed by atoms with Gasteiger partial charge < -0.3 is 4.74 Å². The number of rotatable bonds is 3. The van der Waals surface area contributed by atoms with Crippen molar-refractivity contribution in [2.24, 2.45) is 5.92 Å². The lowest BCUT2D eigenvalue weighted by Gasteiger charge is -2.22. The molecule has 1 aliphatic carbocycles. The molecule has 90 valence electrons. The molecule has 2 nitrogen and oxygen atoms in total. The first-order valence-corrected chi connectivity index (χ1v) is 6.43. The van der Waals surface area contributed by atoms with Crippen molar-refractivity contribution < 1.29 is 4.74 Å². The quantitative estimate of drug-likeness (QED) is 0.789. The number of benzene rings is 1. The minimum atomic E-state index is 0.701. The molecule has 2 rings (SSSR count). The molecule has 0 spiro atoms. The van der Waals surface area contributed by atoms with Crippen molar-refractivity contribution in [3.05, 3.63) is 29.3 Å². The molecule has 1 aliphatic rings. The molecular weight excluding hydrogens is 210 g/mol. The van der Waals surface area contributed by atoms with Gasteiger partial charge in [0.1, 0.15) is 5.75 Å². The zero-order valence-corrected chi connectivity index (χ0v) is 10.4. The van der Waals surface area contributed by atoms with Gasteiger partial charge in [0.15, 0.2) is 0 Å². The number of hydrogen-bond acceptors (Lipinski definition) is 2. The summed E-state index contributed by atoms with van der Waals surface area (Å²) in [4.78, 5) is 0. The van der Waals surface area contributed by atoms with Gasteiger partial charge in [-0.15, -0.1) is 0 Å². The maximum absolute atomic E-state index is 8.80. The summed E-state index contributed by atoms with van der Waals surface area (Å²) in [5.41, 5.74) is 1.76. The minimum Gasteiger partial charge on any atom is -0.493 e. The molecule has 0 atom stereocenters. The zero-order valence-electron chi connectivity index (χ0n) is 10.4. The van der Waals surface area contributed by atoms with E-state index in [2.05, 4.69) is 6.07 Å². The first kappa shape index (κ1) is 12.0. The van der Waals surface area contributed by atoms with Crippen LogP contribution < -0.4 is 4.74 Å². The first-order chi connectivity index (χ1) is 8.29. The predicted molar refractivity (Wildman–Crippen MR) is 68.0 cm³/mol. The van der Waals surface area contributed by atoms with E-state index in [0.717, 1.165) is 23.8 Å². The van der Waals surface area contributed by atoms with Crippen LogP contribution in [-0.4, -0.2) is 6.61 Å². The van der Waals surface area contributed by atoms with E-state index in [9.17, 15) is 0 Å². The fraction of sp³-hybridized carbons (Fsp3) is 0.533. The van der Waals surface area contributed by atoms with Crippen LogP contribution in [-0.2, 0) is 0 Å². The van der Waals surface area contributed by atoms with Crippen LogP contribution >= 0.6 is 0 Å². The molecule has 1 aromatic rings. The smallest absolute Gasteiger partial charge is 0.122 e. The number of nitrogens with zero attached hydrogens (tertiary/aromatic N) is 1. The van der Waals surface area contributed by atoms with Crippen LogP contribution in [0.15, 0.2) is 18.2 Å². The average molecular weight is 229 g/mol. The van der Waals surface area contributed by atoms with Crippen molar-refractivity contribution in [2.45, 2.75) is 39.0 Å². The second kappa shape index (κ2) is 5.72. The molecular formula is C15H19NO. The molecule has 0 amide bonds. The fourth-order valence-electron chi connectivity index (χ4n) is 2.44. The molecule has 1 fully saturated rings. The van der Waals surface area contributed by atoms with Crippen LogP contribution in [0.1, 0.15) is 43.2 Å². The van der Waals surface area contributed by atoms with E-state index in [1.807, 2.05) is 25.1 Å². The molecule has 0 aliphatic heterocycles. The second-order valence-corrected chi connectivity index (χ2v) is 4.91. The number of hydrogen-bond donors (Lipinski definition) is 0. The van der Waals surface area contributed by atoms with Gasteiger partial charge in [0, 0.05) is 0 Å². The zero-order chi connectivity index (χ0) is 12.1. The summed E-state index contributed by atoms with van der Waals surface area (Å²) in [5.74, 6) is 1.65. The highest BCUT2D eigenvalue weighted by molar-refractivity contribution is 5.41. The van der Waals surface area contributed by atoms with Gasteiger partial charge in [-0.3, -0.25) is 0 Å². The van der Waals surface area contributed by atoms with Gasteiger partial charge in [-0.1, -0.05) is 19.3 Å². The Balaban J connectivity index is 1.92. The van der Waals surface area contributed by atoms with E-state index in [4.69, 9.17) is 10.00 Å². The molecule has 0 N–H and O–H groups in total. The van der Waals surface area contributed by atoms with Crippen molar-refractivity contribution in [3.63, 3.8) is 0 Å². The molecule has 0 heterocycles. The molecule has 0 saturated heterocycles. The normalized spacial score (nSPS) is 16.5. The summed E-state index contributed by atoms with van der Waals surface area (Å²) in [6.07, 6.45) is 6.68. The topological polar surface area (TPSA) is 33.0 Å². The van der Waals surface area contributed by atoms with E-state index >= 15 is 0 Å². The van der Waals surface area contributed by atoms with Crippen LogP contribution in [0.5, 0.6) is 5.75 Å². The van der Waals surface area contributed by atoms with Gasteiger partial charge in [-0.25, -0.2) is 0 Å². The van der Waals surface area contributed by atoms with E-state index < -0.39 is 0 Å². The van der Waals surface area contributed by atoms with E-state index in [0.29, 0.717) is 5.56 Å². The van der Waals surface area contributed by atoms with Crippen molar-refractivity contribution in [3.8, 4) is 11.8 Å². The Labute approximate surface area is 103 Å². The van der Waals surface area contributed by atoms with Crippen LogP contribution in [0.2, 0.25) is 0 Å². The molecule has 17 heavy (non-hydrogen) atoms. The Kier molecular flexibility index (Phi) is 4.03. The molecule has 1 aromatic carbocycles. The van der Waals surface area contributed by atoms with Crippen molar-refractivity contribution >= 4 is 0 Å². The lowest BCUT2D eigenvalue weighted by atomic mass is 9.90. The molecule has 0 radical (unpaired) electrons. The van der Waals surface area contributed by atoms with Crippen molar-refractivity contribution in [2.75, 3.05) is 6.61 Å². The van der Waals surface area contributed by atoms with Gasteiger partial charge in [0.05, 0.1) is 18.2 Å². The van der Waals surface area contributed by atoms with Gasteiger partial charge in [0.2, 0.25) is 0 Å². The summed E-state index contributed by atoms with van der Waals surface area (Å²) >= 11 is 0. The molecule has 0 aromatic heterocycles. The number of aryl methyl sites for hydroxylation is 1.